The molecule has 1 heterocycles. The number of hydrogen-bond donors (Lipinski definition) is 2. The number of carbonyl (C=O) groups is 3. The Morgan fingerprint density at radius 3 is 2.36 bits per heavy atom. The van der Waals surface area contributed by atoms with Crippen molar-refractivity contribution in [2.24, 2.45) is 0 Å². The van der Waals surface area contributed by atoms with Crippen LogP contribution in [-0.4, -0.2) is 60.0 Å². The van der Waals surface area contributed by atoms with E-state index in [0.717, 1.165) is 11.8 Å². The number of amides is 2. The van der Waals surface area contributed by atoms with E-state index in [-0.39, 0.29) is 30.2 Å². The predicted molar refractivity (Wildman–Crippen MR) is 168 cm³/mol. The zero-order chi connectivity index (χ0) is 30.6. The molecule has 2 amide bonds. The average Bonchev–Trinajstić information content (AvgIpc) is 3.24. The summed E-state index contributed by atoms with van der Waals surface area (Å²) < 4.78 is 16.6. The van der Waals surface area contributed by atoms with Crippen LogP contribution in [0.4, 0.5) is 5.69 Å². The van der Waals surface area contributed by atoms with Gasteiger partial charge in [0.05, 0.1) is 37.5 Å². The lowest BCUT2D eigenvalue weighted by Crippen LogP contribution is -2.31. The second-order valence-corrected chi connectivity index (χ2v) is 11.3. The molecule has 42 heavy (non-hydrogen) atoms. The van der Waals surface area contributed by atoms with Crippen molar-refractivity contribution in [1.29, 1.82) is 0 Å². The topological polar surface area (TPSA) is 114 Å². The van der Waals surface area contributed by atoms with Gasteiger partial charge in [-0.25, -0.2) is 4.79 Å². The molecule has 9 nitrogen and oxygen atoms in total. The Hall–Kier alpha value is -3.77. The van der Waals surface area contributed by atoms with Gasteiger partial charge < -0.3 is 24.6 Å². The van der Waals surface area contributed by atoms with E-state index < -0.39 is 11.9 Å². The van der Waals surface area contributed by atoms with Gasteiger partial charge in [0.15, 0.2) is 0 Å². The third kappa shape index (κ3) is 6.81. The number of carbonyl (C=O) groups excluding carboxylic acids is 2. The predicted octanol–water partition coefficient (Wildman–Crippen LogP) is 6.61. The molecule has 0 saturated carbocycles. The van der Waals surface area contributed by atoms with Gasteiger partial charge in [0.1, 0.15) is 21.6 Å². The van der Waals surface area contributed by atoms with Crippen molar-refractivity contribution in [1.82, 2.24) is 4.90 Å². The van der Waals surface area contributed by atoms with Crippen molar-refractivity contribution < 1.29 is 33.7 Å². The van der Waals surface area contributed by atoms with E-state index in [0.29, 0.717) is 53.1 Å². The Morgan fingerprint density at radius 2 is 1.69 bits per heavy atom. The van der Waals surface area contributed by atoms with Gasteiger partial charge in [0.2, 0.25) is 5.91 Å². The van der Waals surface area contributed by atoms with Gasteiger partial charge in [-0.3, -0.25) is 14.5 Å². The van der Waals surface area contributed by atoms with Crippen LogP contribution in [-0.2, 0) is 9.59 Å². The molecule has 0 aliphatic carbocycles. The first-order chi connectivity index (χ1) is 20.1. The molecule has 3 aromatic rings. The lowest BCUT2D eigenvalue weighted by molar-refractivity contribution is -0.122. The van der Waals surface area contributed by atoms with Gasteiger partial charge in [-0.2, -0.15) is 0 Å². The van der Waals surface area contributed by atoms with Gasteiger partial charge in [-0.1, -0.05) is 47.2 Å². The molecule has 0 unspecified atom stereocenters. The second kappa shape index (κ2) is 13.5. The molecule has 0 atom stereocenters. The van der Waals surface area contributed by atoms with E-state index in [4.69, 9.17) is 54.7 Å². The summed E-state index contributed by atoms with van der Waals surface area (Å²) in [7, 11) is 4.40. The normalized spacial score (nSPS) is 13.8. The van der Waals surface area contributed by atoms with E-state index in [1.54, 1.807) is 36.4 Å². The maximum atomic E-state index is 13.3. The van der Waals surface area contributed by atoms with E-state index in [1.165, 1.54) is 44.4 Å². The van der Waals surface area contributed by atoms with Gasteiger partial charge in [0, 0.05) is 45.8 Å². The summed E-state index contributed by atoms with van der Waals surface area (Å²) in [5.41, 5.74) is 2.20. The molecule has 0 aromatic heterocycles. The van der Waals surface area contributed by atoms with Crippen LogP contribution in [0.5, 0.6) is 17.2 Å². The van der Waals surface area contributed by atoms with Crippen molar-refractivity contribution in [2.75, 3.05) is 33.2 Å². The van der Waals surface area contributed by atoms with Crippen molar-refractivity contribution >= 4 is 81.0 Å². The number of nitrogens with zero attached hydrogens (tertiary/aromatic N) is 1. The quantitative estimate of drug-likeness (QED) is 0.185. The molecule has 1 aliphatic heterocycles. The molecule has 13 heteroatoms. The minimum atomic E-state index is -1.12. The number of halogens is 2. The molecule has 2 N–H and O–H groups in total. The number of nitrogens with one attached hydrogen (secondary N) is 1. The van der Waals surface area contributed by atoms with E-state index in [1.807, 2.05) is 0 Å². The van der Waals surface area contributed by atoms with Gasteiger partial charge in [0.25, 0.3) is 5.91 Å². The van der Waals surface area contributed by atoms with Crippen LogP contribution in [0.15, 0.2) is 53.4 Å². The van der Waals surface area contributed by atoms with Crippen molar-refractivity contribution in [2.45, 2.75) is 6.42 Å². The Morgan fingerprint density at radius 1 is 0.976 bits per heavy atom. The zero-order valence-electron chi connectivity index (χ0n) is 22.5. The highest BCUT2D eigenvalue weighted by molar-refractivity contribution is 8.26. The number of ether oxygens (including phenoxy) is 3. The summed E-state index contributed by atoms with van der Waals surface area (Å²) in [6.45, 7) is 0.0342. The van der Waals surface area contributed by atoms with E-state index >= 15 is 0 Å². The molecular formula is C29H24Cl2N2O7S2. The first-order valence-corrected chi connectivity index (χ1v) is 14.2. The van der Waals surface area contributed by atoms with E-state index in [9.17, 15) is 14.4 Å². The molecule has 1 saturated heterocycles. The van der Waals surface area contributed by atoms with Crippen LogP contribution < -0.4 is 19.5 Å². The molecule has 0 radical (unpaired) electrons. The highest BCUT2D eigenvalue weighted by Crippen LogP contribution is 2.42. The lowest BCUT2D eigenvalue weighted by Gasteiger charge is -2.16. The van der Waals surface area contributed by atoms with Crippen LogP contribution in [0.25, 0.3) is 17.2 Å². The zero-order valence-corrected chi connectivity index (χ0v) is 25.7. The van der Waals surface area contributed by atoms with Gasteiger partial charge >= 0.3 is 5.97 Å². The molecule has 3 aromatic carbocycles. The Kier molecular flexibility index (Phi) is 10.00. The maximum absolute atomic E-state index is 13.3. The van der Waals surface area contributed by atoms with Crippen LogP contribution in [0.1, 0.15) is 22.3 Å². The smallest absolute Gasteiger partial charge is 0.335 e. The molecule has 1 aliphatic rings. The van der Waals surface area contributed by atoms with Crippen LogP contribution in [0.2, 0.25) is 10.0 Å². The van der Waals surface area contributed by atoms with Crippen molar-refractivity contribution in [3.8, 4) is 28.4 Å². The van der Waals surface area contributed by atoms with Crippen LogP contribution in [0.3, 0.4) is 0 Å². The SMILES string of the molecule is COc1cc(OC)c(-c2cc(Cl)ccc2Cl)cc1C=C1SC(=S)N(CCC(=O)Nc2ccc(C(=O)O)cc2OC)C1=O. The number of rotatable bonds is 10. The number of methoxy groups -OCH3 is 3. The third-order valence-corrected chi connectivity index (χ3v) is 8.16. The fourth-order valence-electron chi connectivity index (χ4n) is 4.14. The summed E-state index contributed by atoms with van der Waals surface area (Å²) in [6.07, 6.45) is 1.60. The molecule has 0 bridgehead atoms. The van der Waals surface area contributed by atoms with Crippen LogP contribution in [0, 0.1) is 0 Å². The Bertz CT molecular complexity index is 1630. The fourth-order valence-corrected chi connectivity index (χ4v) is 5.83. The summed E-state index contributed by atoms with van der Waals surface area (Å²) in [6, 6.07) is 12.7. The fraction of sp³-hybridized carbons (Fsp3) is 0.172. The lowest BCUT2D eigenvalue weighted by atomic mass is 10.0. The molecule has 218 valence electrons. The van der Waals surface area contributed by atoms with Gasteiger partial charge in [-0.05, 0) is 48.5 Å². The molecule has 0 spiro atoms. The van der Waals surface area contributed by atoms with Gasteiger partial charge in [-0.15, -0.1) is 0 Å². The highest BCUT2D eigenvalue weighted by atomic mass is 35.5. The number of carboxylic acid groups (broad SMARTS) is 1. The van der Waals surface area contributed by atoms with Crippen molar-refractivity contribution in [3.63, 3.8) is 0 Å². The summed E-state index contributed by atoms with van der Waals surface area (Å²) in [5.74, 6) is -0.730. The average molecular weight is 648 g/mol. The number of hydrogen-bond acceptors (Lipinski definition) is 8. The maximum Gasteiger partial charge on any atom is 0.335 e. The molecular weight excluding hydrogens is 623 g/mol. The Labute approximate surface area is 261 Å². The first-order valence-electron chi connectivity index (χ1n) is 12.2. The number of anilines is 1. The third-order valence-electron chi connectivity index (χ3n) is 6.22. The number of benzene rings is 3. The van der Waals surface area contributed by atoms with Crippen molar-refractivity contribution in [3.05, 3.63) is 74.6 Å². The largest absolute Gasteiger partial charge is 0.496 e. The number of aromatic carboxylic acids is 1. The summed E-state index contributed by atoms with van der Waals surface area (Å²) in [5, 5.41) is 12.8. The number of thiocarbonyl (C=S) groups is 1. The standard InChI is InChI=1S/C29H24Cl2N2O7S2/c1-38-22-14-23(39-2)19(18-13-17(30)5-6-20(18)31)10-16(22)12-25-27(35)33(29(41)42-25)9-8-26(34)32-21-7-4-15(28(36)37)11-24(21)40-3/h4-7,10-14H,8-9H2,1-3H3,(H,32,34)(H,36,37). The highest BCUT2D eigenvalue weighted by Gasteiger charge is 2.32. The monoisotopic (exact) mass is 646 g/mol. The Balaban J connectivity index is 1.54. The summed E-state index contributed by atoms with van der Waals surface area (Å²) in [4.78, 5) is 38.9. The molecule has 4 rings (SSSR count). The minimum absolute atomic E-state index is 0.0190. The second-order valence-electron chi connectivity index (χ2n) is 8.77. The minimum Gasteiger partial charge on any atom is -0.496 e. The van der Waals surface area contributed by atoms with Crippen LogP contribution >= 0.6 is 47.2 Å². The summed E-state index contributed by atoms with van der Waals surface area (Å²) >= 11 is 19.2. The first kappa shape index (κ1) is 31.2. The van der Waals surface area contributed by atoms with E-state index in [2.05, 4.69) is 5.32 Å². The number of thioether (sulfide) groups is 1. The molecule has 1 fully saturated rings. The number of carboxylic acids is 1.